The highest BCUT2D eigenvalue weighted by molar-refractivity contribution is 7.89. The van der Waals surface area contributed by atoms with Gasteiger partial charge in [0.25, 0.3) is 5.91 Å². The van der Waals surface area contributed by atoms with Gasteiger partial charge in [0.2, 0.25) is 10.0 Å². The summed E-state index contributed by atoms with van der Waals surface area (Å²) in [6, 6.07) is 11.2. The van der Waals surface area contributed by atoms with Crippen molar-refractivity contribution >= 4 is 21.9 Å². The van der Waals surface area contributed by atoms with Gasteiger partial charge in [-0.05, 0) is 61.7 Å². The lowest BCUT2D eigenvalue weighted by atomic mass is 10.2. The van der Waals surface area contributed by atoms with Crippen molar-refractivity contribution in [2.45, 2.75) is 50.2 Å². The van der Waals surface area contributed by atoms with Gasteiger partial charge in [0.1, 0.15) is 5.82 Å². The summed E-state index contributed by atoms with van der Waals surface area (Å²) in [6.45, 7) is 2.60. The molecule has 2 aromatic rings. The van der Waals surface area contributed by atoms with Gasteiger partial charge in [0.15, 0.2) is 6.10 Å². The van der Waals surface area contributed by atoms with Crippen molar-refractivity contribution in [3.05, 3.63) is 65.5 Å². The van der Waals surface area contributed by atoms with Crippen molar-refractivity contribution in [3.63, 3.8) is 0 Å². The molecule has 1 heterocycles. The van der Waals surface area contributed by atoms with Crippen LogP contribution in [0.1, 0.15) is 48.5 Å². The second-order valence-corrected chi connectivity index (χ2v) is 9.67. The van der Waals surface area contributed by atoms with E-state index >= 15 is 0 Å². The van der Waals surface area contributed by atoms with Crippen LogP contribution in [0.15, 0.2) is 53.4 Å². The zero-order valence-electron chi connectivity index (χ0n) is 17.9. The quantitative estimate of drug-likeness (QED) is 0.638. The molecule has 7 nitrogen and oxygen atoms in total. The third kappa shape index (κ3) is 6.14. The average molecular weight is 463 g/mol. The van der Waals surface area contributed by atoms with Crippen LogP contribution in [0.2, 0.25) is 0 Å². The maximum Gasteiger partial charge on any atom is 0.338 e. The van der Waals surface area contributed by atoms with E-state index in [-0.39, 0.29) is 22.8 Å². The fourth-order valence-electron chi connectivity index (χ4n) is 3.41. The number of nitrogens with zero attached hydrogens (tertiary/aromatic N) is 1. The summed E-state index contributed by atoms with van der Waals surface area (Å²) in [5.41, 5.74) is 0.859. The Morgan fingerprint density at radius 1 is 1.00 bits per heavy atom. The van der Waals surface area contributed by atoms with E-state index < -0.39 is 28.0 Å². The zero-order valence-corrected chi connectivity index (χ0v) is 18.7. The molecule has 3 rings (SSSR count). The maximum atomic E-state index is 12.9. The van der Waals surface area contributed by atoms with E-state index in [0.29, 0.717) is 18.7 Å². The summed E-state index contributed by atoms with van der Waals surface area (Å²) in [5, 5.41) is 2.62. The van der Waals surface area contributed by atoms with E-state index in [0.717, 1.165) is 25.7 Å². The number of sulfonamides is 1. The molecule has 0 radical (unpaired) electrons. The predicted molar refractivity (Wildman–Crippen MR) is 117 cm³/mol. The van der Waals surface area contributed by atoms with Crippen molar-refractivity contribution in [1.82, 2.24) is 9.62 Å². The molecule has 1 fully saturated rings. The molecule has 1 aliphatic heterocycles. The number of hydrogen-bond donors (Lipinski definition) is 1. The van der Waals surface area contributed by atoms with Crippen LogP contribution in [0.3, 0.4) is 0 Å². The van der Waals surface area contributed by atoms with Crippen molar-refractivity contribution < 1.29 is 27.1 Å². The molecule has 1 atom stereocenters. The summed E-state index contributed by atoms with van der Waals surface area (Å²) in [5.74, 6) is -1.59. The number of carbonyl (C=O) groups is 2. The number of rotatable bonds is 7. The second kappa shape index (κ2) is 10.7. The number of amides is 1. The minimum atomic E-state index is -3.61. The van der Waals surface area contributed by atoms with Gasteiger partial charge >= 0.3 is 5.97 Å². The number of ether oxygens (including phenoxy) is 1. The standard InChI is InChI=1S/C23H27FN2O5S/c1-17(22(27)25-16-18-6-10-20(24)11-7-18)31-23(28)19-8-12-21(13-9-19)32(29,30)26-14-4-2-3-5-15-26/h6-13,17H,2-5,14-16H2,1H3,(H,25,27). The summed E-state index contributed by atoms with van der Waals surface area (Å²) in [7, 11) is -3.61. The number of carbonyl (C=O) groups excluding carboxylic acids is 2. The highest BCUT2D eigenvalue weighted by Crippen LogP contribution is 2.21. The molecule has 1 aliphatic rings. The Kier molecular flexibility index (Phi) is 7.98. The second-order valence-electron chi connectivity index (χ2n) is 7.73. The Morgan fingerprint density at radius 3 is 2.19 bits per heavy atom. The van der Waals surface area contributed by atoms with Gasteiger partial charge in [-0.25, -0.2) is 17.6 Å². The molecule has 0 aliphatic carbocycles. The summed E-state index contributed by atoms with van der Waals surface area (Å²) in [6.07, 6.45) is 2.66. The molecule has 32 heavy (non-hydrogen) atoms. The SMILES string of the molecule is CC(OC(=O)c1ccc(S(=O)(=O)N2CCCCCC2)cc1)C(=O)NCc1ccc(F)cc1. The van der Waals surface area contributed by atoms with Crippen LogP contribution in [-0.2, 0) is 26.1 Å². The van der Waals surface area contributed by atoms with Gasteiger partial charge in [-0.1, -0.05) is 25.0 Å². The fourth-order valence-corrected chi connectivity index (χ4v) is 4.93. The Morgan fingerprint density at radius 2 is 1.59 bits per heavy atom. The normalized spacial score (nSPS) is 16.1. The van der Waals surface area contributed by atoms with Crippen LogP contribution in [0.4, 0.5) is 4.39 Å². The van der Waals surface area contributed by atoms with E-state index in [1.807, 2.05) is 0 Å². The molecular weight excluding hydrogens is 435 g/mol. The Balaban J connectivity index is 1.56. The van der Waals surface area contributed by atoms with Crippen LogP contribution in [0.25, 0.3) is 0 Å². The van der Waals surface area contributed by atoms with Gasteiger partial charge in [-0.3, -0.25) is 4.79 Å². The predicted octanol–water partition coefficient (Wildman–Crippen LogP) is 3.25. The fraction of sp³-hybridized carbons (Fsp3) is 0.391. The zero-order chi connectivity index (χ0) is 23.1. The van der Waals surface area contributed by atoms with Gasteiger partial charge in [0.05, 0.1) is 10.5 Å². The van der Waals surface area contributed by atoms with Crippen molar-refractivity contribution in [2.24, 2.45) is 0 Å². The lowest BCUT2D eigenvalue weighted by Gasteiger charge is -2.20. The number of halogens is 1. The summed E-state index contributed by atoms with van der Waals surface area (Å²) < 4.78 is 45.3. The van der Waals surface area contributed by atoms with Crippen LogP contribution >= 0.6 is 0 Å². The molecule has 1 amide bonds. The maximum absolute atomic E-state index is 12.9. The molecule has 9 heteroatoms. The first kappa shape index (κ1) is 23.9. The van der Waals surface area contributed by atoms with Crippen molar-refractivity contribution in [1.29, 1.82) is 0 Å². The Bertz CT molecular complexity index is 1030. The molecule has 0 saturated carbocycles. The van der Waals surface area contributed by atoms with E-state index in [4.69, 9.17) is 4.74 Å². The minimum Gasteiger partial charge on any atom is -0.449 e. The first-order valence-electron chi connectivity index (χ1n) is 10.6. The summed E-state index contributed by atoms with van der Waals surface area (Å²) in [4.78, 5) is 24.7. The first-order chi connectivity index (χ1) is 15.3. The van der Waals surface area contributed by atoms with Crippen LogP contribution < -0.4 is 5.32 Å². The van der Waals surface area contributed by atoms with E-state index in [9.17, 15) is 22.4 Å². The topological polar surface area (TPSA) is 92.8 Å². The number of nitrogens with one attached hydrogen (secondary N) is 1. The highest BCUT2D eigenvalue weighted by Gasteiger charge is 2.26. The highest BCUT2D eigenvalue weighted by atomic mass is 32.2. The van der Waals surface area contributed by atoms with E-state index in [1.165, 1.54) is 47.6 Å². The molecule has 0 spiro atoms. The van der Waals surface area contributed by atoms with Crippen LogP contribution in [0, 0.1) is 5.82 Å². The lowest BCUT2D eigenvalue weighted by molar-refractivity contribution is -0.129. The van der Waals surface area contributed by atoms with E-state index in [2.05, 4.69) is 5.32 Å². The van der Waals surface area contributed by atoms with Gasteiger partial charge in [-0.15, -0.1) is 0 Å². The first-order valence-corrected chi connectivity index (χ1v) is 12.0. The third-order valence-electron chi connectivity index (χ3n) is 5.33. The number of hydrogen-bond acceptors (Lipinski definition) is 5. The monoisotopic (exact) mass is 462 g/mol. The van der Waals surface area contributed by atoms with Gasteiger partial charge in [0, 0.05) is 19.6 Å². The lowest BCUT2D eigenvalue weighted by Crippen LogP contribution is -2.35. The molecule has 1 saturated heterocycles. The molecule has 1 N–H and O–H groups in total. The number of esters is 1. The molecule has 0 aromatic heterocycles. The number of benzene rings is 2. The molecular formula is C23H27FN2O5S. The largest absolute Gasteiger partial charge is 0.449 e. The smallest absolute Gasteiger partial charge is 0.338 e. The van der Waals surface area contributed by atoms with Gasteiger partial charge in [-0.2, -0.15) is 4.31 Å². The molecule has 0 bridgehead atoms. The molecule has 2 aromatic carbocycles. The van der Waals surface area contributed by atoms with Crippen LogP contribution in [-0.4, -0.2) is 43.8 Å². The Hall–Kier alpha value is -2.78. The minimum absolute atomic E-state index is 0.126. The van der Waals surface area contributed by atoms with E-state index in [1.54, 1.807) is 12.1 Å². The van der Waals surface area contributed by atoms with Crippen molar-refractivity contribution in [2.75, 3.05) is 13.1 Å². The molecule has 172 valence electrons. The summed E-state index contributed by atoms with van der Waals surface area (Å²) >= 11 is 0. The van der Waals surface area contributed by atoms with Gasteiger partial charge < -0.3 is 10.1 Å². The van der Waals surface area contributed by atoms with Crippen molar-refractivity contribution in [3.8, 4) is 0 Å². The Labute approximate surface area is 187 Å². The van der Waals surface area contributed by atoms with Crippen LogP contribution in [0.5, 0.6) is 0 Å². The molecule has 1 unspecified atom stereocenters. The average Bonchev–Trinajstić information content (AvgIpc) is 3.09. The third-order valence-corrected chi connectivity index (χ3v) is 7.24.